The molecule has 2 N–H and O–H groups in total. The predicted molar refractivity (Wildman–Crippen MR) is 92.6 cm³/mol. The molecule has 0 fully saturated rings. The third kappa shape index (κ3) is 6.91. The largest absolute Gasteiger partial charge is 0.508 e. The number of amides is 1. The molecule has 5 heteroatoms. The summed E-state index contributed by atoms with van der Waals surface area (Å²) in [4.78, 5) is 13.9. The van der Waals surface area contributed by atoms with E-state index in [2.05, 4.69) is 5.32 Å². The first-order valence-corrected chi connectivity index (χ1v) is 8.12. The van der Waals surface area contributed by atoms with Crippen molar-refractivity contribution in [1.29, 1.82) is 0 Å². The Bertz CT molecular complexity index is 509. The van der Waals surface area contributed by atoms with Crippen LogP contribution >= 0.6 is 0 Å². The number of benzene rings is 1. The summed E-state index contributed by atoms with van der Waals surface area (Å²) in [5.74, 6) is 0.258. The molecule has 0 heterocycles. The number of ether oxygens (including phenoxy) is 1. The number of phenolic OH excluding ortho intramolecular Hbond substituents is 1. The number of nitrogens with zero attached hydrogens (tertiary/aromatic N) is 1. The van der Waals surface area contributed by atoms with E-state index in [0.717, 1.165) is 5.56 Å². The van der Waals surface area contributed by atoms with Crippen LogP contribution in [-0.4, -0.2) is 40.8 Å². The van der Waals surface area contributed by atoms with E-state index in [9.17, 15) is 9.90 Å². The van der Waals surface area contributed by atoms with Gasteiger partial charge < -0.3 is 20.1 Å². The number of hydrogen-bond acceptors (Lipinski definition) is 4. The number of hydrogen-bond donors (Lipinski definition) is 2. The zero-order chi connectivity index (χ0) is 17.6. The Morgan fingerprint density at radius 2 is 1.96 bits per heavy atom. The Balaban J connectivity index is 2.54. The minimum atomic E-state index is -0.494. The molecule has 130 valence electrons. The van der Waals surface area contributed by atoms with E-state index >= 15 is 0 Å². The molecule has 1 aromatic carbocycles. The van der Waals surface area contributed by atoms with Gasteiger partial charge in [-0.05, 0) is 59.2 Å². The average Bonchev–Trinajstić information content (AvgIpc) is 2.40. The maximum Gasteiger partial charge on any atom is 0.410 e. The van der Waals surface area contributed by atoms with E-state index in [1.807, 2.05) is 53.7 Å². The fourth-order valence-electron chi connectivity index (χ4n) is 2.19. The van der Waals surface area contributed by atoms with Crippen LogP contribution in [0.4, 0.5) is 4.79 Å². The zero-order valence-corrected chi connectivity index (χ0v) is 15.1. The zero-order valence-electron chi connectivity index (χ0n) is 15.1. The fourth-order valence-corrected chi connectivity index (χ4v) is 2.19. The highest BCUT2D eigenvalue weighted by Crippen LogP contribution is 2.17. The monoisotopic (exact) mass is 322 g/mol. The molecule has 1 rings (SSSR count). The second-order valence-corrected chi connectivity index (χ2v) is 7.04. The SMILES string of the molecule is CC(NCCN(C(=O)OC(C)(C)C)C(C)C)c1cccc(O)c1. The summed E-state index contributed by atoms with van der Waals surface area (Å²) >= 11 is 0. The third-order valence-electron chi connectivity index (χ3n) is 3.42. The van der Waals surface area contributed by atoms with E-state index < -0.39 is 5.60 Å². The standard InChI is InChI=1S/C18H30N2O3/c1-13(2)20(17(22)23-18(4,5)6)11-10-19-14(3)15-8-7-9-16(21)12-15/h7-9,12-14,19,21H,10-11H2,1-6H3. The Kier molecular flexibility index (Phi) is 6.88. The van der Waals surface area contributed by atoms with Gasteiger partial charge in [-0.3, -0.25) is 0 Å². The lowest BCUT2D eigenvalue weighted by molar-refractivity contribution is 0.0192. The molecule has 23 heavy (non-hydrogen) atoms. The summed E-state index contributed by atoms with van der Waals surface area (Å²) in [6, 6.07) is 7.35. The smallest absolute Gasteiger partial charge is 0.410 e. The summed E-state index contributed by atoms with van der Waals surface area (Å²) in [7, 11) is 0. The minimum absolute atomic E-state index is 0.0720. The van der Waals surface area contributed by atoms with Gasteiger partial charge in [-0.15, -0.1) is 0 Å². The Hall–Kier alpha value is -1.75. The molecule has 5 nitrogen and oxygen atoms in total. The second kappa shape index (κ2) is 8.20. The summed E-state index contributed by atoms with van der Waals surface area (Å²) in [6.07, 6.45) is -0.292. The van der Waals surface area contributed by atoms with Crippen molar-refractivity contribution in [3.8, 4) is 5.75 Å². The van der Waals surface area contributed by atoms with E-state index in [1.165, 1.54) is 0 Å². The molecule has 1 atom stereocenters. The molecule has 0 saturated heterocycles. The van der Waals surface area contributed by atoms with Crippen LogP contribution in [0.2, 0.25) is 0 Å². The first kappa shape index (κ1) is 19.3. The fraction of sp³-hybridized carbons (Fsp3) is 0.611. The molecule has 0 aliphatic rings. The second-order valence-electron chi connectivity index (χ2n) is 7.04. The van der Waals surface area contributed by atoms with Crippen molar-refractivity contribution in [2.45, 2.75) is 59.2 Å². The van der Waals surface area contributed by atoms with Gasteiger partial charge in [0.25, 0.3) is 0 Å². The van der Waals surface area contributed by atoms with Crippen LogP contribution in [-0.2, 0) is 4.74 Å². The Labute approximate surface area is 139 Å². The normalized spacial score (nSPS) is 13.0. The minimum Gasteiger partial charge on any atom is -0.508 e. The van der Waals surface area contributed by atoms with Crippen LogP contribution in [0.25, 0.3) is 0 Å². The first-order chi connectivity index (χ1) is 10.6. The molecule has 1 amide bonds. The topological polar surface area (TPSA) is 61.8 Å². The van der Waals surface area contributed by atoms with E-state index in [-0.39, 0.29) is 23.9 Å². The van der Waals surface area contributed by atoms with Crippen molar-refractivity contribution in [3.63, 3.8) is 0 Å². The summed E-state index contributed by atoms with van der Waals surface area (Å²) in [5.41, 5.74) is 0.519. The van der Waals surface area contributed by atoms with Crippen LogP contribution in [0.15, 0.2) is 24.3 Å². The molecular weight excluding hydrogens is 292 g/mol. The van der Waals surface area contributed by atoms with E-state index in [0.29, 0.717) is 13.1 Å². The van der Waals surface area contributed by atoms with Crippen molar-refractivity contribution in [3.05, 3.63) is 29.8 Å². The van der Waals surface area contributed by atoms with Gasteiger partial charge >= 0.3 is 6.09 Å². The van der Waals surface area contributed by atoms with Crippen molar-refractivity contribution in [2.75, 3.05) is 13.1 Å². The summed E-state index contributed by atoms with van der Waals surface area (Å²) in [5, 5.41) is 12.9. The lowest BCUT2D eigenvalue weighted by Gasteiger charge is -2.30. The van der Waals surface area contributed by atoms with E-state index in [4.69, 9.17) is 4.74 Å². The van der Waals surface area contributed by atoms with Gasteiger partial charge in [0.2, 0.25) is 0 Å². The lowest BCUT2D eigenvalue weighted by atomic mass is 10.1. The Morgan fingerprint density at radius 1 is 1.30 bits per heavy atom. The van der Waals surface area contributed by atoms with Crippen LogP contribution in [0, 0.1) is 0 Å². The maximum absolute atomic E-state index is 12.2. The number of carbonyl (C=O) groups excluding carboxylic acids is 1. The maximum atomic E-state index is 12.2. The Morgan fingerprint density at radius 3 is 2.48 bits per heavy atom. The summed E-state index contributed by atoms with van der Waals surface area (Å²) < 4.78 is 5.45. The van der Waals surface area contributed by atoms with Crippen LogP contribution < -0.4 is 5.32 Å². The molecule has 1 aromatic rings. The molecule has 1 unspecified atom stereocenters. The third-order valence-corrected chi connectivity index (χ3v) is 3.42. The highest BCUT2D eigenvalue weighted by molar-refractivity contribution is 5.68. The number of aromatic hydroxyl groups is 1. The van der Waals surface area contributed by atoms with Gasteiger partial charge in [-0.25, -0.2) is 4.79 Å². The molecule has 0 aliphatic carbocycles. The van der Waals surface area contributed by atoms with Gasteiger partial charge in [-0.1, -0.05) is 12.1 Å². The lowest BCUT2D eigenvalue weighted by Crippen LogP contribution is -2.44. The van der Waals surface area contributed by atoms with Crippen molar-refractivity contribution in [2.24, 2.45) is 0 Å². The van der Waals surface area contributed by atoms with Gasteiger partial charge in [-0.2, -0.15) is 0 Å². The summed E-state index contributed by atoms with van der Waals surface area (Å²) in [6.45, 7) is 12.8. The average molecular weight is 322 g/mol. The van der Waals surface area contributed by atoms with Crippen molar-refractivity contribution < 1.29 is 14.6 Å². The van der Waals surface area contributed by atoms with Gasteiger partial charge in [0, 0.05) is 25.2 Å². The molecule has 0 bridgehead atoms. The van der Waals surface area contributed by atoms with Crippen molar-refractivity contribution >= 4 is 6.09 Å². The number of carbonyl (C=O) groups is 1. The van der Waals surface area contributed by atoms with Gasteiger partial charge in [0.05, 0.1) is 0 Å². The molecule has 0 aromatic heterocycles. The molecule has 0 saturated carbocycles. The molecule has 0 spiro atoms. The van der Waals surface area contributed by atoms with Gasteiger partial charge in [0.1, 0.15) is 11.4 Å². The molecule has 0 aliphatic heterocycles. The van der Waals surface area contributed by atoms with Gasteiger partial charge in [0.15, 0.2) is 0 Å². The molecule has 0 radical (unpaired) electrons. The van der Waals surface area contributed by atoms with Crippen LogP contribution in [0.5, 0.6) is 5.75 Å². The quantitative estimate of drug-likeness (QED) is 0.838. The number of rotatable bonds is 6. The predicted octanol–water partition coefficient (Wildman–Crippen LogP) is 3.69. The van der Waals surface area contributed by atoms with Crippen LogP contribution in [0.3, 0.4) is 0 Å². The highest BCUT2D eigenvalue weighted by atomic mass is 16.6. The van der Waals surface area contributed by atoms with Crippen LogP contribution in [0.1, 0.15) is 53.1 Å². The van der Waals surface area contributed by atoms with E-state index in [1.54, 1.807) is 17.0 Å². The molecular formula is C18H30N2O3. The number of nitrogens with one attached hydrogen (secondary N) is 1. The first-order valence-electron chi connectivity index (χ1n) is 8.12. The highest BCUT2D eigenvalue weighted by Gasteiger charge is 2.23. The van der Waals surface area contributed by atoms with Crippen molar-refractivity contribution in [1.82, 2.24) is 10.2 Å². The number of phenols is 1.